The van der Waals surface area contributed by atoms with Crippen LogP contribution in [0.5, 0.6) is 0 Å². The maximum absolute atomic E-state index is 13.3. The van der Waals surface area contributed by atoms with E-state index < -0.39 is 0 Å². The SMILES string of the molecule is CC(C)c1c(C=C(Br)Br)n(-c2ccc(F)cc2)c2ccccc12. The van der Waals surface area contributed by atoms with Crippen molar-refractivity contribution in [2.75, 3.05) is 0 Å². The standard InChI is InChI=1S/C19H16Br2FN/c1-12(2)19-15-5-3-4-6-16(15)23(17(19)11-18(20)21)14-9-7-13(22)8-10-14/h3-12H,1-2H3. The summed E-state index contributed by atoms with van der Waals surface area (Å²) in [5.41, 5.74) is 4.44. The number of benzene rings is 2. The van der Waals surface area contributed by atoms with Gasteiger partial charge in [-0.1, -0.05) is 32.0 Å². The van der Waals surface area contributed by atoms with Gasteiger partial charge < -0.3 is 4.57 Å². The van der Waals surface area contributed by atoms with Crippen LogP contribution in [0.3, 0.4) is 0 Å². The molecule has 0 amide bonds. The molecule has 0 unspecified atom stereocenters. The minimum Gasteiger partial charge on any atom is -0.310 e. The zero-order chi connectivity index (χ0) is 16.6. The highest BCUT2D eigenvalue weighted by molar-refractivity contribution is 9.28. The van der Waals surface area contributed by atoms with E-state index in [1.54, 1.807) is 0 Å². The third kappa shape index (κ3) is 3.15. The Kier molecular flexibility index (Phi) is 4.74. The van der Waals surface area contributed by atoms with Crippen molar-refractivity contribution in [3.63, 3.8) is 0 Å². The van der Waals surface area contributed by atoms with Crippen LogP contribution in [-0.4, -0.2) is 4.57 Å². The van der Waals surface area contributed by atoms with Crippen LogP contribution >= 0.6 is 31.9 Å². The fraction of sp³-hybridized carbons (Fsp3) is 0.158. The van der Waals surface area contributed by atoms with Crippen LogP contribution < -0.4 is 0 Å². The maximum Gasteiger partial charge on any atom is 0.123 e. The summed E-state index contributed by atoms with van der Waals surface area (Å²) in [5, 5.41) is 1.22. The summed E-state index contributed by atoms with van der Waals surface area (Å²) in [6.07, 6.45) is 2.05. The van der Waals surface area contributed by atoms with Crippen molar-refractivity contribution in [1.29, 1.82) is 0 Å². The quantitative estimate of drug-likeness (QED) is 0.417. The van der Waals surface area contributed by atoms with Gasteiger partial charge in [-0.2, -0.15) is 0 Å². The van der Waals surface area contributed by atoms with E-state index in [2.05, 4.69) is 74.5 Å². The average Bonchev–Trinajstić information content (AvgIpc) is 2.81. The van der Waals surface area contributed by atoms with Gasteiger partial charge in [-0.25, -0.2) is 4.39 Å². The molecule has 23 heavy (non-hydrogen) atoms. The molecule has 0 saturated carbocycles. The van der Waals surface area contributed by atoms with Gasteiger partial charge in [0.2, 0.25) is 0 Å². The van der Waals surface area contributed by atoms with Gasteiger partial charge in [0, 0.05) is 11.1 Å². The summed E-state index contributed by atoms with van der Waals surface area (Å²) >= 11 is 6.95. The van der Waals surface area contributed by atoms with Crippen molar-refractivity contribution in [2.45, 2.75) is 19.8 Å². The number of aromatic nitrogens is 1. The maximum atomic E-state index is 13.3. The van der Waals surface area contributed by atoms with Crippen molar-refractivity contribution < 1.29 is 4.39 Å². The summed E-state index contributed by atoms with van der Waals surface area (Å²) in [6, 6.07) is 14.9. The van der Waals surface area contributed by atoms with Crippen LogP contribution in [0.15, 0.2) is 51.9 Å². The molecule has 0 atom stereocenters. The van der Waals surface area contributed by atoms with Gasteiger partial charge in [0.1, 0.15) is 5.82 Å². The molecule has 0 bridgehead atoms. The van der Waals surface area contributed by atoms with Crippen molar-refractivity contribution in [2.24, 2.45) is 0 Å². The molecule has 0 N–H and O–H groups in total. The van der Waals surface area contributed by atoms with Crippen LogP contribution in [0, 0.1) is 5.82 Å². The fourth-order valence-corrected chi connectivity index (χ4v) is 3.44. The van der Waals surface area contributed by atoms with Crippen LogP contribution in [0.1, 0.15) is 31.0 Å². The van der Waals surface area contributed by atoms with E-state index >= 15 is 0 Å². The Labute approximate surface area is 152 Å². The summed E-state index contributed by atoms with van der Waals surface area (Å²) in [4.78, 5) is 0. The molecule has 1 nitrogen and oxygen atoms in total. The minimum absolute atomic E-state index is 0.229. The van der Waals surface area contributed by atoms with Gasteiger partial charge in [-0.3, -0.25) is 0 Å². The summed E-state index contributed by atoms with van der Waals surface area (Å²) in [5.74, 6) is 0.139. The molecule has 3 rings (SSSR count). The Morgan fingerprint density at radius 1 is 1.04 bits per heavy atom. The first kappa shape index (κ1) is 16.5. The third-order valence-corrected chi connectivity index (χ3v) is 4.32. The molecule has 3 aromatic rings. The topological polar surface area (TPSA) is 4.93 Å². The highest BCUT2D eigenvalue weighted by Crippen LogP contribution is 2.36. The largest absolute Gasteiger partial charge is 0.310 e. The first-order chi connectivity index (χ1) is 11.0. The lowest BCUT2D eigenvalue weighted by Gasteiger charge is -2.11. The molecule has 4 heteroatoms. The van der Waals surface area contributed by atoms with E-state index in [0.717, 1.165) is 20.3 Å². The van der Waals surface area contributed by atoms with Gasteiger partial charge in [-0.15, -0.1) is 0 Å². The van der Waals surface area contributed by atoms with Crippen molar-refractivity contribution >= 4 is 48.8 Å². The number of hydrogen-bond donors (Lipinski definition) is 0. The summed E-state index contributed by atoms with van der Waals surface area (Å²) in [7, 11) is 0. The molecule has 2 aromatic carbocycles. The van der Waals surface area contributed by atoms with E-state index in [9.17, 15) is 4.39 Å². The molecule has 0 aliphatic heterocycles. The fourth-order valence-electron chi connectivity index (χ4n) is 3.01. The third-order valence-electron chi connectivity index (χ3n) is 3.86. The molecule has 0 aliphatic carbocycles. The lowest BCUT2D eigenvalue weighted by Crippen LogP contribution is -1.99. The first-order valence-electron chi connectivity index (χ1n) is 7.41. The summed E-state index contributed by atoms with van der Waals surface area (Å²) < 4.78 is 16.4. The Balaban J connectivity index is 2.43. The van der Waals surface area contributed by atoms with Gasteiger partial charge in [-0.05, 0) is 79.7 Å². The zero-order valence-electron chi connectivity index (χ0n) is 12.9. The number of fused-ring (bicyclic) bond motifs is 1. The van der Waals surface area contributed by atoms with E-state index in [1.165, 1.54) is 23.1 Å². The first-order valence-corrected chi connectivity index (χ1v) is 8.99. The van der Waals surface area contributed by atoms with Crippen LogP contribution in [-0.2, 0) is 0 Å². The Morgan fingerprint density at radius 3 is 2.30 bits per heavy atom. The number of hydrogen-bond acceptors (Lipinski definition) is 0. The lowest BCUT2D eigenvalue weighted by atomic mass is 9.99. The molecule has 118 valence electrons. The molecule has 0 radical (unpaired) electrons. The second kappa shape index (κ2) is 6.62. The van der Waals surface area contributed by atoms with Crippen molar-refractivity contribution in [3.05, 3.63) is 69.0 Å². The van der Waals surface area contributed by atoms with Gasteiger partial charge >= 0.3 is 0 Å². The van der Waals surface area contributed by atoms with E-state index in [4.69, 9.17) is 0 Å². The van der Waals surface area contributed by atoms with E-state index in [1.807, 2.05) is 18.2 Å². The molecule has 0 saturated heterocycles. The highest BCUT2D eigenvalue weighted by atomic mass is 79.9. The van der Waals surface area contributed by atoms with Crippen LogP contribution in [0.25, 0.3) is 22.7 Å². The Bertz CT molecular complexity index is 872. The smallest absolute Gasteiger partial charge is 0.123 e. The van der Waals surface area contributed by atoms with Crippen LogP contribution in [0.4, 0.5) is 4.39 Å². The number of halogens is 3. The number of nitrogens with zero attached hydrogens (tertiary/aromatic N) is 1. The van der Waals surface area contributed by atoms with Crippen LogP contribution in [0.2, 0.25) is 0 Å². The second-order valence-corrected chi connectivity index (χ2v) is 8.49. The Morgan fingerprint density at radius 2 is 1.70 bits per heavy atom. The number of rotatable bonds is 3. The minimum atomic E-state index is -0.229. The lowest BCUT2D eigenvalue weighted by molar-refractivity contribution is 0.627. The van der Waals surface area contributed by atoms with Gasteiger partial charge in [0.25, 0.3) is 0 Å². The highest BCUT2D eigenvalue weighted by Gasteiger charge is 2.19. The van der Waals surface area contributed by atoms with E-state index in [-0.39, 0.29) is 5.82 Å². The number of para-hydroxylation sites is 1. The van der Waals surface area contributed by atoms with Crippen molar-refractivity contribution in [1.82, 2.24) is 4.57 Å². The van der Waals surface area contributed by atoms with Gasteiger partial charge in [0.15, 0.2) is 0 Å². The monoisotopic (exact) mass is 435 g/mol. The molecular weight excluding hydrogens is 421 g/mol. The molecule has 0 spiro atoms. The molecular formula is C19H16Br2FN. The predicted molar refractivity (Wildman–Crippen MR) is 103 cm³/mol. The Hall–Kier alpha value is -1.39. The normalized spacial score (nSPS) is 11.2. The molecule has 0 fully saturated rings. The second-order valence-electron chi connectivity index (χ2n) is 5.72. The summed E-state index contributed by atoms with van der Waals surface area (Å²) in [6.45, 7) is 4.38. The van der Waals surface area contributed by atoms with Crippen molar-refractivity contribution in [3.8, 4) is 5.69 Å². The molecule has 0 aliphatic rings. The predicted octanol–water partition coefficient (Wildman–Crippen LogP) is 6.98. The zero-order valence-corrected chi connectivity index (χ0v) is 16.0. The van der Waals surface area contributed by atoms with E-state index in [0.29, 0.717) is 5.92 Å². The molecule has 1 heterocycles. The van der Waals surface area contributed by atoms with Gasteiger partial charge in [0.05, 0.1) is 14.6 Å². The molecule has 1 aromatic heterocycles. The average molecular weight is 437 g/mol.